The molecule has 0 fully saturated rings. The minimum absolute atomic E-state index is 1.75. The van der Waals surface area contributed by atoms with Crippen LogP contribution in [0.1, 0.15) is 0 Å². The summed E-state index contributed by atoms with van der Waals surface area (Å²) in [7, 11) is 0. The highest BCUT2D eigenvalue weighted by atomic mass is 17.0. The molecule has 2 rings (SSSR count). The van der Waals surface area contributed by atoms with Gasteiger partial charge >= 0.3 is 0 Å². The van der Waals surface area contributed by atoms with Crippen LogP contribution in [0.4, 0.5) is 0 Å². The topological polar surface area (TPSA) is 66.2 Å². The zero-order chi connectivity index (χ0) is 10.5. The Morgan fingerprint density at radius 1 is 0.500 bits per heavy atom. The minimum atomic E-state index is 1.75. The van der Waals surface area contributed by atoms with Gasteiger partial charge in [-0.15, -0.1) is 0 Å². The zero-order valence-corrected chi connectivity index (χ0v) is 7.56. The maximum absolute atomic E-state index is 6.00. The van der Waals surface area contributed by atoms with Crippen LogP contribution >= 0.6 is 0 Å². The van der Waals surface area contributed by atoms with E-state index in [1.165, 1.54) is 0 Å². The van der Waals surface area contributed by atoms with Crippen molar-refractivity contribution < 1.29 is 10.5 Å². The lowest BCUT2D eigenvalue weighted by molar-refractivity contribution is -0.176. The first-order chi connectivity index (χ1) is 7.00. The molecule has 0 radical (unpaired) electrons. The third kappa shape index (κ3) is 8.32. The van der Waals surface area contributed by atoms with Crippen molar-refractivity contribution >= 4 is 0 Å². The molecule has 0 spiro atoms. The van der Waals surface area contributed by atoms with E-state index >= 15 is 0 Å². The van der Waals surface area contributed by atoms with E-state index in [1.54, 1.807) is 24.8 Å². The molecule has 74 valence electrons. The standard InChI is InChI=1S/2C5H5N.H2O2/c2*1-2-4-6-5-3-1;1-2/h2*1-5H;1-2H. The van der Waals surface area contributed by atoms with Gasteiger partial charge in [0.2, 0.25) is 0 Å². The highest BCUT2D eigenvalue weighted by molar-refractivity contribution is 4.88. The van der Waals surface area contributed by atoms with E-state index in [0.717, 1.165) is 0 Å². The molecule has 4 nitrogen and oxygen atoms in total. The van der Waals surface area contributed by atoms with E-state index < -0.39 is 0 Å². The first-order valence-corrected chi connectivity index (χ1v) is 3.90. The van der Waals surface area contributed by atoms with Gasteiger partial charge in [-0.3, -0.25) is 20.5 Å². The summed E-state index contributed by atoms with van der Waals surface area (Å²) in [5.74, 6) is 0. The van der Waals surface area contributed by atoms with Crippen molar-refractivity contribution in [3.05, 3.63) is 61.2 Å². The molecule has 2 aromatic rings. The number of pyridine rings is 2. The van der Waals surface area contributed by atoms with Gasteiger partial charge < -0.3 is 0 Å². The summed E-state index contributed by atoms with van der Waals surface area (Å²) in [6.07, 6.45) is 7.00. The second-order valence-electron chi connectivity index (χ2n) is 2.05. The van der Waals surface area contributed by atoms with Crippen LogP contribution in [0.3, 0.4) is 0 Å². The van der Waals surface area contributed by atoms with Crippen LogP contribution in [0.25, 0.3) is 0 Å². The van der Waals surface area contributed by atoms with Gasteiger partial charge in [0.1, 0.15) is 0 Å². The zero-order valence-electron chi connectivity index (χ0n) is 7.56. The van der Waals surface area contributed by atoms with Crippen molar-refractivity contribution in [1.82, 2.24) is 9.97 Å². The molecular weight excluding hydrogens is 180 g/mol. The van der Waals surface area contributed by atoms with E-state index in [4.69, 9.17) is 10.5 Å². The lowest BCUT2D eigenvalue weighted by atomic mass is 10.5. The van der Waals surface area contributed by atoms with Gasteiger partial charge in [-0.1, -0.05) is 12.1 Å². The van der Waals surface area contributed by atoms with Gasteiger partial charge in [-0.2, -0.15) is 0 Å². The van der Waals surface area contributed by atoms with Crippen LogP contribution < -0.4 is 0 Å². The first kappa shape index (κ1) is 12.2. The maximum atomic E-state index is 6.00. The summed E-state index contributed by atoms with van der Waals surface area (Å²) in [5, 5.41) is 12.0. The average molecular weight is 192 g/mol. The van der Waals surface area contributed by atoms with E-state index in [2.05, 4.69) is 9.97 Å². The Balaban J connectivity index is 0.000000206. The van der Waals surface area contributed by atoms with Crippen LogP contribution in [0, 0.1) is 0 Å². The van der Waals surface area contributed by atoms with Gasteiger partial charge in [0.25, 0.3) is 0 Å². The van der Waals surface area contributed by atoms with Crippen LogP contribution in [0.15, 0.2) is 61.2 Å². The molecule has 4 heteroatoms. The number of hydrogen-bond donors (Lipinski definition) is 2. The first-order valence-electron chi connectivity index (χ1n) is 3.90. The largest absolute Gasteiger partial charge is 0.265 e. The summed E-state index contributed by atoms with van der Waals surface area (Å²) in [6.45, 7) is 0. The summed E-state index contributed by atoms with van der Waals surface area (Å²) >= 11 is 0. The fraction of sp³-hybridized carbons (Fsp3) is 0. The predicted octanol–water partition coefficient (Wildman–Crippen LogP) is 2.18. The highest BCUT2D eigenvalue weighted by Gasteiger charge is 1.59. The molecule has 0 amide bonds. The molecule has 0 aromatic carbocycles. The molecule has 2 N–H and O–H groups in total. The van der Waals surface area contributed by atoms with Gasteiger partial charge in [-0.05, 0) is 24.3 Å². The number of hydrogen-bond acceptors (Lipinski definition) is 4. The number of nitrogens with zero attached hydrogens (tertiary/aromatic N) is 2. The highest BCUT2D eigenvalue weighted by Crippen LogP contribution is 1.74. The Kier molecular flexibility index (Phi) is 9.79. The lowest BCUT2D eigenvalue weighted by Gasteiger charge is -1.70. The minimum Gasteiger partial charge on any atom is -0.265 e. The Bertz CT molecular complexity index is 192. The lowest BCUT2D eigenvalue weighted by Crippen LogP contribution is -1.58. The summed E-state index contributed by atoms with van der Waals surface area (Å²) < 4.78 is 0. The summed E-state index contributed by atoms with van der Waals surface area (Å²) in [5.41, 5.74) is 0. The van der Waals surface area contributed by atoms with Crippen LogP contribution in [-0.2, 0) is 0 Å². The third-order valence-corrected chi connectivity index (χ3v) is 1.13. The molecule has 2 heterocycles. The normalized spacial score (nSPS) is 7.29. The SMILES string of the molecule is OO.c1ccncc1.c1ccncc1. The predicted molar refractivity (Wildman–Crippen MR) is 53.7 cm³/mol. The summed E-state index contributed by atoms with van der Waals surface area (Å²) in [4.78, 5) is 7.57. The molecule has 0 bridgehead atoms. The van der Waals surface area contributed by atoms with E-state index in [9.17, 15) is 0 Å². The van der Waals surface area contributed by atoms with Crippen molar-refractivity contribution in [1.29, 1.82) is 0 Å². The van der Waals surface area contributed by atoms with E-state index in [0.29, 0.717) is 0 Å². The van der Waals surface area contributed by atoms with E-state index in [-0.39, 0.29) is 0 Å². The molecule has 14 heavy (non-hydrogen) atoms. The molecular formula is C10H12N2O2. The monoisotopic (exact) mass is 192 g/mol. The van der Waals surface area contributed by atoms with Gasteiger partial charge in [0.15, 0.2) is 0 Å². The van der Waals surface area contributed by atoms with Crippen LogP contribution in [0.2, 0.25) is 0 Å². The third-order valence-electron chi connectivity index (χ3n) is 1.13. The van der Waals surface area contributed by atoms with Gasteiger partial charge in [0.05, 0.1) is 0 Å². The van der Waals surface area contributed by atoms with Gasteiger partial charge in [0, 0.05) is 24.8 Å². The van der Waals surface area contributed by atoms with Crippen LogP contribution in [-0.4, -0.2) is 20.5 Å². The van der Waals surface area contributed by atoms with Crippen molar-refractivity contribution in [2.45, 2.75) is 0 Å². The fourth-order valence-electron chi connectivity index (χ4n) is 0.625. The number of aromatic nitrogens is 2. The Morgan fingerprint density at radius 2 is 0.786 bits per heavy atom. The molecule has 2 aromatic heterocycles. The molecule has 0 atom stereocenters. The van der Waals surface area contributed by atoms with Crippen molar-refractivity contribution in [2.75, 3.05) is 0 Å². The van der Waals surface area contributed by atoms with Crippen molar-refractivity contribution in [2.24, 2.45) is 0 Å². The fourth-order valence-corrected chi connectivity index (χ4v) is 0.625. The molecule has 0 unspecified atom stereocenters. The second-order valence-corrected chi connectivity index (χ2v) is 2.05. The maximum Gasteiger partial charge on any atom is 0.0267 e. The smallest absolute Gasteiger partial charge is 0.0267 e. The van der Waals surface area contributed by atoms with E-state index in [1.807, 2.05) is 36.4 Å². The molecule has 0 aliphatic heterocycles. The Morgan fingerprint density at radius 3 is 0.857 bits per heavy atom. The quantitative estimate of drug-likeness (QED) is 0.496. The summed E-state index contributed by atoms with van der Waals surface area (Å²) in [6, 6.07) is 11.4. The second kappa shape index (κ2) is 11.2. The van der Waals surface area contributed by atoms with Gasteiger partial charge in [-0.25, -0.2) is 0 Å². The average Bonchev–Trinajstić information content (AvgIpc) is 2.37. The Labute approximate surface area is 82.5 Å². The molecule has 0 aliphatic rings. The molecule has 0 aliphatic carbocycles. The molecule has 0 saturated carbocycles. The van der Waals surface area contributed by atoms with Crippen LogP contribution in [0.5, 0.6) is 0 Å². The molecule has 0 saturated heterocycles. The Hall–Kier alpha value is -1.78. The number of rotatable bonds is 0. The van der Waals surface area contributed by atoms with Crippen molar-refractivity contribution in [3.8, 4) is 0 Å². The van der Waals surface area contributed by atoms with Crippen molar-refractivity contribution in [3.63, 3.8) is 0 Å².